The molecule has 0 aromatic heterocycles. The molecule has 0 spiro atoms. The van der Waals surface area contributed by atoms with E-state index in [1.165, 1.54) is 11.1 Å². The van der Waals surface area contributed by atoms with Gasteiger partial charge in [0, 0.05) is 5.02 Å². The number of sulfonamides is 1. The minimum Gasteiger partial charge on any atom is -0.455 e. The predicted octanol–water partition coefficient (Wildman–Crippen LogP) is 3.99. The van der Waals surface area contributed by atoms with Gasteiger partial charge in [-0.05, 0) is 66.8 Å². The molecular weight excluding hydrogens is 322 g/mol. The first kappa shape index (κ1) is 15.2. The smallest absolute Gasteiger partial charge is 0.229 e. The first-order chi connectivity index (χ1) is 10.4. The zero-order valence-electron chi connectivity index (χ0n) is 12.1. The average molecular weight is 338 g/mol. The van der Waals surface area contributed by atoms with E-state index in [2.05, 4.69) is 4.72 Å². The largest absolute Gasteiger partial charge is 0.455 e. The fourth-order valence-corrected chi connectivity index (χ4v) is 3.28. The van der Waals surface area contributed by atoms with Crippen molar-refractivity contribution in [3.8, 4) is 11.5 Å². The first-order valence-corrected chi connectivity index (χ1v) is 9.25. The van der Waals surface area contributed by atoms with Crippen LogP contribution in [0.2, 0.25) is 5.02 Å². The molecule has 4 nitrogen and oxygen atoms in total. The molecule has 0 unspecified atom stereocenters. The lowest BCUT2D eigenvalue weighted by Crippen LogP contribution is -2.11. The maximum Gasteiger partial charge on any atom is 0.229 e. The van der Waals surface area contributed by atoms with Crippen LogP contribution in [0.1, 0.15) is 17.5 Å². The van der Waals surface area contributed by atoms with Crippen LogP contribution in [-0.2, 0) is 22.9 Å². The van der Waals surface area contributed by atoms with Gasteiger partial charge in [-0.15, -0.1) is 0 Å². The second kappa shape index (κ2) is 5.82. The zero-order valence-corrected chi connectivity index (χ0v) is 13.7. The van der Waals surface area contributed by atoms with E-state index in [1.807, 2.05) is 12.1 Å². The Bertz CT molecular complexity index is 801. The van der Waals surface area contributed by atoms with Gasteiger partial charge in [0.2, 0.25) is 10.0 Å². The van der Waals surface area contributed by atoms with Crippen molar-refractivity contribution in [3.05, 3.63) is 52.5 Å². The standard InChI is InChI=1S/C16H16ClNO3S/c1-22(19,20)18-15-9-11-3-2-4-12(11)10-16(15)21-14-7-5-13(17)6-8-14/h5-10,18H,2-4H2,1H3. The van der Waals surface area contributed by atoms with Crippen LogP contribution in [0, 0.1) is 0 Å². The number of benzene rings is 2. The highest BCUT2D eigenvalue weighted by atomic mass is 35.5. The van der Waals surface area contributed by atoms with Crippen LogP contribution in [0.5, 0.6) is 11.5 Å². The molecule has 2 aromatic carbocycles. The number of hydrogen-bond donors (Lipinski definition) is 1. The molecular formula is C16H16ClNO3S. The fraction of sp³-hybridized carbons (Fsp3) is 0.250. The Labute approximate surface area is 135 Å². The predicted molar refractivity (Wildman–Crippen MR) is 88.5 cm³/mol. The van der Waals surface area contributed by atoms with Gasteiger partial charge < -0.3 is 4.74 Å². The van der Waals surface area contributed by atoms with E-state index in [0.717, 1.165) is 25.5 Å². The minimum atomic E-state index is -3.37. The molecule has 0 atom stereocenters. The van der Waals surface area contributed by atoms with Gasteiger partial charge in [-0.1, -0.05) is 11.6 Å². The molecule has 0 heterocycles. The molecule has 0 fully saturated rings. The lowest BCUT2D eigenvalue weighted by atomic mass is 10.1. The van der Waals surface area contributed by atoms with Gasteiger partial charge in [0.05, 0.1) is 11.9 Å². The van der Waals surface area contributed by atoms with E-state index in [-0.39, 0.29) is 0 Å². The molecule has 0 saturated carbocycles. The molecule has 0 saturated heterocycles. The van der Waals surface area contributed by atoms with E-state index in [9.17, 15) is 8.42 Å². The number of fused-ring (bicyclic) bond motifs is 1. The van der Waals surface area contributed by atoms with Gasteiger partial charge in [0.25, 0.3) is 0 Å². The van der Waals surface area contributed by atoms with Crippen LogP contribution >= 0.6 is 11.6 Å². The second-order valence-corrected chi connectivity index (χ2v) is 7.59. The molecule has 1 N–H and O–H groups in total. The van der Waals surface area contributed by atoms with E-state index in [0.29, 0.717) is 22.2 Å². The van der Waals surface area contributed by atoms with Crippen LogP contribution < -0.4 is 9.46 Å². The number of aryl methyl sites for hydroxylation is 2. The quantitative estimate of drug-likeness (QED) is 0.917. The van der Waals surface area contributed by atoms with Crippen LogP contribution in [0.25, 0.3) is 0 Å². The molecule has 1 aliphatic carbocycles. The molecule has 116 valence electrons. The van der Waals surface area contributed by atoms with Gasteiger partial charge in [0.15, 0.2) is 5.75 Å². The topological polar surface area (TPSA) is 55.4 Å². The molecule has 1 aliphatic rings. The highest BCUT2D eigenvalue weighted by Gasteiger charge is 2.18. The van der Waals surface area contributed by atoms with Crippen LogP contribution in [-0.4, -0.2) is 14.7 Å². The third-order valence-corrected chi connectivity index (χ3v) is 4.37. The van der Waals surface area contributed by atoms with Crippen molar-refractivity contribution in [1.82, 2.24) is 0 Å². The Morgan fingerprint density at radius 3 is 2.36 bits per heavy atom. The van der Waals surface area contributed by atoms with Crippen molar-refractivity contribution in [2.24, 2.45) is 0 Å². The SMILES string of the molecule is CS(=O)(=O)Nc1cc2c(cc1Oc1ccc(Cl)cc1)CCC2. The van der Waals surface area contributed by atoms with Crippen molar-refractivity contribution in [2.45, 2.75) is 19.3 Å². The Morgan fingerprint density at radius 1 is 1.09 bits per heavy atom. The molecule has 0 bridgehead atoms. The zero-order chi connectivity index (χ0) is 15.7. The van der Waals surface area contributed by atoms with Crippen molar-refractivity contribution in [3.63, 3.8) is 0 Å². The molecule has 0 aliphatic heterocycles. The lowest BCUT2D eigenvalue weighted by Gasteiger charge is -2.14. The van der Waals surface area contributed by atoms with Gasteiger partial charge in [-0.2, -0.15) is 0 Å². The van der Waals surface area contributed by atoms with Crippen molar-refractivity contribution in [1.29, 1.82) is 0 Å². The Balaban J connectivity index is 1.99. The number of hydrogen-bond acceptors (Lipinski definition) is 3. The first-order valence-electron chi connectivity index (χ1n) is 6.98. The molecule has 0 amide bonds. The summed E-state index contributed by atoms with van der Waals surface area (Å²) in [5.41, 5.74) is 2.86. The minimum absolute atomic E-state index is 0.470. The number of halogens is 1. The van der Waals surface area contributed by atoms with E-state index >= 15 is 0 Å². The summed E-state index contributed by atoms with van der Waals surface area (Å²) in [6.45, 7) is 0. The molecule has 6 heteroatoms. The van der Waals surface area contributed by atoms with Crippen LogP contribution in [0.3, 0.4) is 0 Å². The molecule has 0 radical (unpaired) electrons. The highest BCUT2D eigenvalue weighted by molar-refractivity contribution is 7.92. The maximum absolute atomic E-state index is 11.6. The van der Waals surface area contributed by atoms with Crippen molar-refractivity contribution < 1.29 is 13.2 Å². The number of nitrogens with one attached hydrogen (secondary N) is 1. The second-order valence-electron chi connectivity index (χ2n) is 5.40. The van der Waals surface area contributed by atoms with Gasteiger partial charge in [0.1, 0.15) is 5.75 Å². The summed E-state index contributed by atoms with van der Waals surface area (Å²) in [6.07, 6.45) is 4.17. The summed E-state index contributed by atoms with van der Waals surface area (Å²) in [5, 5.41) is 0.621. The Kier molecular flexibility index (Phi) is 4.02. The fourth-order valence-electron chi connectivity index (χ4n) is 2.60. The normalized spacial score (nSPS) is 13.7. The van der Waals surface area contributed by atoms with Gasteiger partial charge in [-0.25, -0.2) is 8.42 Å². The van der Waals surface area contributed by atoms with Gasteiger partial charge >= 0.3 is 0 Å². The van der Waals surface area contributed by atoms with Crippen molar-refractivity contribution in [2.75, 3.05) is 11.0 Å². The molecule has 3 rings (SSSR count). The summed E-state index contributed by atoms with van der Waals surface area (Å²) in [5.74, 6) is 1.12. The summed E-state index contributed by atoms with van der Waals surface area (Å²) in [7, 11) is -3.37. The number of ether oxygens (including phenoxy) is 1. The monoisotopic (exact) mass is 337 g/mol. The van der Waals surface area contributed by atoms with Gasteiger partial charge in [-0.3, -0.25) is 4.72 Å². The highest BCUT2D eigenvalue weighted by Crippen LogP contribution is 2.36. The third kappa shape index (κ3) is 3.54. The van der Waals surface area contributed by atoms with Crippen LogP contribution in [0.15, 0.2) is 36.4 Å². The summed E-state index contributed by atoms with van der Waals surface area (Å²) in [4.78, 5) is 0. The molecule has 2 aromatic rings. The Morgan fingerprint density at radius 2 is 1.73 bits per heavy atom. The third-order valence-electron chi connectivity index (χ3n) is 3.53. The summed E-state index contributed by atoms with van der Waals surface area (Å²) in [6, 6.07) is 10.8. The summed E-state index contributed by atoms with van der Waals surface area (Å²) >= 11 is 5.86. The van der Waals surface area contributed by atoms with Crippen molar-refractivity contribution >= 4 is 27.3 Å². The summed E-state index contributed by atoms with van der Waals surface area (Å²) < 4.78 is 31.5. The number of rotatable bonds is 4. The van der Waals surface area contributed by atoms with E-state index in [1.54, 1.807) is 24.3 Å². The average Bonchev–Trinajstić information content (AvgIpc) is 2.87. The maximum atomic E-state index is 11.6. The number of anilines is 1. The van der Waals surface area contributed by atoms with Crippen LogP contribution in [0.4, 0.5) is 5.69 Å². The van der Waals surface area contributed by atoms with E-state index in [4.69, 9.17) is 16.3 Å². The Hall–Kier alpha value is -1.72. The lowest BCUT2D eigenvalue weighted by molar-refractivity contribution is 0.484. The molecule has 22 heavy (non-hydrogen) atoms. The van der Waals surface area contributed by atoms with E-state index < -0.39 is 10.0 Å².